The standard InChI is InChI=1S/C7H12N2O5S2/c1-3-6-16(12,13)9-5-4-7(8-9)14-15(2,10)11/h4-5H,3,6H2,1-2H3. The Labute approximate surface area is 94.2 Å². The molecule has 1 aromatic heterocycles. The Balaban J connectivity index is 2.96. The zero-order chi connectivity index (χ0) is 12.4. The first-order chi connectivity index (χ1) is 7.24. The van der Waals surface area contributed by atoms with Gasteiger partial charge in [-0.3, -0.25) is 0 Å². The monoisotopic (exact) mass is 268 g/mol. The molecule has 0 aliphatic carbocycles. The first-order valence-electron chi connectivity index (χ1n) is 4.43. The summed E-state index contributed by atoms with van der Waals surface area (Å²) in [4.78, 5) is 0. The number of hydrogen-bond acceptors (Lipinski definition) is 6. The summed E-state index contributed by atoms with van der Waals surface area (Å²) in [6, 6.07) is 1.17. The first-order valence-corrected chi connectivity index (χ1v) is 7.85. The second-order valence-electron chi connectivity index (χ2n) is 3.13. The highest BCUT2D eigenvalue weighted by atomic mass is 32.2. The van der Waals surface area contributed by atoms with Crippen molar-refractivity contribution in [3.05, 3.63) is 12.3 Å². The van der Waals surface area contributed by atoms with E-state index in [9.17, 15) is 16.8 Å². The van der Waals surface area contributed by atoms with Crippen molar-refractivity contribution < 1.29 is 21.0 Å². The van der Waals surface area contributed by atoms with E-state index in [1.165, 1.54) is 6.07 Å². The predicted molar refractivity (Wildman–Crippen MR) is 57.2 cm³/mol. The van der Waals surface area contributed by atoms with Gasteiger partial charge in [0.25, 0.3) is 15.9 Å². The molecule has 1 rings (SSSR count). The largest absolute Gasteiger partial charge is 0.360 e. The highest BCUT2D eigenvalue weighted by molar-refractivity contribution is 7.89. The van der Waals surface area contributed by atoms with Crippen LogP contribution in [0.5, 0.6) is 5.88 Å². The zero-order valence-electron chi connectivity index (χ0n) is 8.82. The fraction of sp³-hybridized carbons (Fsp3) is 0.571. The molecule has 7 nitrogen and oxygen atoms in total. The summed E-state index contributed by atoms with van der Waals surface area (Å²) in [5.74, 6) is -0.324. The molecule has 0 radical (unpaired) electrons. The molecule has 92 valence electrons. The van der Waals surface area contributed by atoms with Gasteiger partial charge in [-0.15, -0.1) is 5.10 Å². The third-order valence-electron chi connectivity index (χ3n) is 1.53. The molecular formula is C7H12N2O5S2. The fourth-order valence-electron chi connectivity index (χ4n) is 0.997. The fourth-order valence-corrected chi connectivity index (χ4v) is 2.55. The van der Waals surface area contributed by atoms with E-state index in [-0.39, 0.29) is 11.6 Å². The molecular weight excluding hydrogens is 256 g/mol. The van der Waals surface area contributed by atoms with Crippen LogP contribution >= 0.6 is 0 Å². The molecule has 0 unspecified atom stereocenters. The summed E-state index contributed by atoms with van der Waals surface area (Å²) in [7, 11) is -7.21. The molecule has 0 aliphatic rings. The second kappa shape index (κ2) is 4.42. The van der Waals surface area contributed by atoms with Crippen LogP contribution in [0.15, 0.2) is 12.3 Å². The molecule has 16 heavy (non-hydrogen) atoms. The highest BCUT2D eigenvalue weighted by Gasteiger charge is 2.15. The number of aromatic nitrogens is 2. The highest BCUT2D eigenvalue weighted by Crippen LogP contribution is 2.10. The minimum atomic E-state index is -3.69. The molecule has 0 N–H and O–H groups in total. The van der Waals surface area contributed by atoms with Crippen LogP contribution in [0.2, 0.25) is 0 Å². The Kier molecular flexibility index (Phi) is 3.58. The van der Waals surface area contributed by atoms with Gasteiger partial charge in [-0.2, -0.15) is 12.5 Å². The lowest BCUT2D eigenvalue weighted by Gasteiger charge is -2.01. The third-order valence-corrected chi connectivity index (χ3v) is 3.70. The van der Waals surface area contributed by atoms with Gasteiger partial charge in [0, 0.05) is 12.3 Å². The van der Waals surface area contributed by atoms with Crippen molar-refractivity contribution in [1.29, 1.82) is 0 Å². The smallest absolute Gasteiger partial charge is 0.307 e. The van der Waals surface area contributed by atoms with Crippen molar-refractivity contribution in [3.63, 3.8) is 0 Å². The molecule has 0 atom stereocenters. The van der Waals surface area contributed by atoms with Crippen LogP contribution in [0.4, 0.5) is 0 Å². The van der Waals surface area contributed by atoms with E-state index in [0.717, 1.165) is 12.5 Å². The van der Waals surface area contributed by atoms with E-state index < -0.39 is 20.1 Å². The topological polar surface area (TPSA) is 95.3 Å². The number of rotatable bonds is 5. The van der Waals surface area contributed by atoms with Gasteiger partial charge in [0.05, 0.1) is 12.0 Å². The zero-order valence-corrected chi connectivity index (χ0v) is 10.5. The summed E-state index contributed by atoms with van der Waals surface area (Å²) in [6.45, 7) is 1.72. The van der Waals surface area contributed by atoms with E-state index in [4.69, 9.17) is 0 Å². The van der Waals surface area contributed by atoms with Gasteiger partial charge in [-0.1, -0.05) is 6.92 Å². The maximum atomic E-state index is 11.5. The maximum Gasteiger partial charge on any atom is 0.307 e. The van der Waals surface area contributed by atoms with Gasteiger partial charge in [0.1, 0.15) is 0 Å². The summed E-state index contributed by atoms with van der Waals surface area (Å²) >= 11 is 0. The average molecular weight is 268 g/mol. The molecule has 0 aromatic carbocycles. The summed E-state index contributed by atoms with van der Waals surface area (Å²) in [5.41, 5.74) is 0. The lowest BCUT2D eigenvalue weighted by molar-refractivity contribution is 0.479. The van der Waals surface area contributed by atoms with Crippen molar-refractivity contribution >= 4 is 20.1 Å². The van der Waals surface area contributed by atoms with Crippen LogP contribution in [-0.4, -0.2) is 38.0 Å². The van der Waals surface area contributed by atoms with Crippen LogP contribution in [0.3, 0.4) is 0 Å². The Morgan fingerprint density at radius 2 is 2.00 bits per heavy atom. The lowest BCUT2D eigenvalue weighted by Crippen LogP contribution is -2.17. The van der Waals surface area contributed by atoms with Crippen molar-refractivity contribution in [2.24, 2.45) is 0 Å². The minimum Gasteiger partial charge on any atom is -0.360 e. The Morgan fingerprint density at radius 3 is 2.50 bits per heavy atom. The third kappa shape index (κ3) is 3.49. The van der Waals surface area contributed by atoms with Crippen LogP contribution in [0.1, 0.15) is 13.3 Å². The van der Waals surface area contributed by atoms with Crippen molar-refractivity contribution in [2.45, 2.75) is 13.3 Å². The molecule has 0 spiro atoms. The van der Waals surface area contributed by atoms with Gasteiger partial charge in [-0.25, -0.2) is 8.42 Å². The Bertz CT molecular complexity index is 557. The lowest BCUT2D eigenvalue weighted by atomic mass is 10.6. The number of hydrogen-bond donors (Lipinski definition) is 0. The predicted octanol–water partition coefficient (Wildman–Crippen LogP) is -0.191. The van der Waals surface area contributed by atoms with E-state index >= 15 is 0 Å². The molecule has 0 bridgehead atoms. The second-order valence-corrected chi connectivity index (χ2v) is 6.65. The summed E-state index contributed by atoms with van der Waals surface area (Å²) in [6.07, 6.45) is 2.45. The Hall–Kier alpha value is -1.09. The van der Waals surface area contributed by atoms with Gasteiger partial charge < -0.3 is 4.18 Å². The molecule has 0 amide bonds. The first kappa shape index (κ1) is 13.0. The van der Waals surface area contributed by atoms with E-state index in [1.807, 2.05) is 0 Å². The number of nitrogens with zero attached hydrogens (tertiary/aromatic N) is 2. The van der Waals surface area contributed by atoms with Crippen LogP contribution < -0.4 is 4.18 Å². The molecule has 0 saturated carbocycles. The quantitative estimate of drug-likeness (QED) is 0.687. The average Bonchev–Trinajstić information content (AvgIpc) is 2.49. The SMILES string of the molecule is CCCS(=O)(=O)n1ccc(OS(C)(=O)=O)n1. The normalized spacial score (nSPS) is 12.6. The van der Waals surface area contributed by atoms with Crippen molar-refractivity contribution in [2.75, 3.05) is 12.0 Å². The minimum absolute atomic E-state index is 0.0625. The Morgan fingerprint density at radius 1 is 1.38 bits per heavy atom. The van der Waals surface area contributed by atoms with Crippen molar-refractivity contribution in [3.8, 4) is 5.88 Å². The van der Waals surface area contributed by atoms with Gasteiger partial charge >= 0.3 is 10.1 Å². The van der Waals surface area contributed by atoms with Gasteiger partial charge in [-0.05, 0) is 6.42 Å². The van der Waals surface area contributed by atoms with E-state index in [0.29, 0.717) is 10.5 Å². The van der Waals surface area contributed by atoms with Gasteiger partial charge in [0.2, 0.25) is 0 Å². The van der Waals surface area contributed by atoms with Crippen LogP contribution in [0.25, 0.3) is 0 Å². The van der Waals surface area contributed by atoms with E-state index in [2.05, 4.69) is 9.28 Å². The van der Waals surface area contributed by atoms with E-state index in [1.54, 1.807) is 6.92 Å². The molecule has 1 aromatic rings. The molecule has 0 fully saturated rings. The van der Waals surface area contributed by atoms with Gasteiger partial charge in [0.15, 0.2) is 0 Å². The van der Waals surface area contributed by atoms with Crippen LogP contribution in [0, 0.1) is 0 Å². The van der Waals surface area contributed by atoms with Crippen molar-refractivity contribution in [1.82, 2.24) is 9.19 Å². The maximum absolute atomic E-state index is 11.5. The molecule has 9 heteroatoms. The molecule has 0 aliphatic heterocycles. The van der Waals surface area contributed by atoms with Crippen LogP contribution in [-0.2, 0) is 20.1 Å². The molecule has 0 saturated heterocycles. The molecule has 1 heterocycles. The summed E-state index contributed by atoms with van der Waals surface area (Å²) < 4.78 is 49.7. The summed E-state index contributed by atoms with van der Waals surface area (Å²) in [5, 5.41) is 3.51.